The molecule has 1 heterocycles. The zero-order valence-electron chi connectivity index (χ0n) is 14.8. The fourth-order valence-electron chi connectivity index (χ4n) is 4.58. The molecule has 0 unspecified atom stereocenters. The van der Waals surface area contributed by atoms with E-state index in [0.29, 0.717) is 24.5 Å². The van der Waals surface area contributed by atoms with Gasteiger partial charge >= 0.3 is 5.97 Å². The number of rotatable bonds is 5. The van der Waals surface area contributed by atoms with E-state index in [-0.39, 0.29) is 11.4 Å². The van der Waals surface area contributed by atoms with E-state index in [4.69, 9.17) is 4.74 Å². The molecule has 25 heavy (non-hydrogen) atoms. The van der Waals surface area contributed by atoms with Crippen molar-refractivity contribution in [1.29, 1.82) is 0 Å². The molecule has 3 fully saturated rings. The predicted octanol–water partition coefficient (Wildman–Crippen LogP) is 4.10. The molecule has 1 aliphatic heterocycles. The average molecular weight is 335 g/mol. The standard InChI is InChI=1S/C22H25NO2/c1-21(8-9-21)12-20(24)25-15-23-13-19-11-22(19,14-23)18-7-6-16-4-2-3-5-17(16)10-18/h2-7,10,19H,8-9,11-15H2,1H3/t19-,22+/m1/s1. The van der Waals surface area contributed by atoms with Gasteiger partial charge in [-0.2, -0.15) is 0 Å². The molecule has 2 aromatic rings. The zero-order chi connectivity index (χ0) is 17.1. The minimum Gasteiger partial charge on any atom is -0.449 e. The molecule has 0 spiro atoms. The van der Waals surface area contributed by atoms with Crippen LogP contribution in [-0.2, 0) is 14.9 Å². The number of carbonyl (C=O) groups is 1. The second kappa shape index (κ2) is 5.31. The van der Waals surface area contributed by atoms with E-state index in [2.05, 4.69) is 54.3 Å². The normalized spacial score (nSPS) is 29.4. The summed E-state index contributed by atoms with van der Waals surface area (Å²) < 4.78 is 5.55. The number of carbonyl (C=O) groups excluding carboxylic acids is 1. The molecular weight excluding hydrogens is 310 g/mol. The van der Waals surface area contributed by atoms with E-state index in [0.717, 1.165) is 13.1 Å². The molecule has 2 aromatic carbocycles. The van der Waals surface area contributed by atoms with Gasteiger partial charge in [0.2, 0.25) is 0 Å². The van der Waals surface area contributed by atoms with E-state index >= 15 is 0 Å². The average Bonchev–Trinajstić information content (AvgIpc) is 3.49. The number of ether oxygens (including phenoxy) is 1. The highest BCUT2D eigenvalue weighted by Gasteiger charge is 2.60. The highest BCUT2D eigenvalue weighted by atomic mass is 16.5. The highest BCUT2D eigenvalue weighted by molar-refractivity contribution is 5.83. The van der Waals surface area contributed by atoms with Gasteiger partial charge in [-0.1, -0.05) is 49.4 Å². The van der Waals surface area contributed by atoms with Gasteiger partial charge in [-0.25, -0.2) is 0 Å². The third-order valence-corrected chi connectivity index (χ3v) is 6.62. The molecule has 0 amide bonds. The van der Waals surface area contributed by atoms with Gasteiger partial charge in [0.15, 0.2) is 0 Å². The number of nitrogens with zero attached hydrogens (tertiary/aromatic N) is 1. The second-order valence-corrected chi connectivity index (χ2v) is 8.76. The Morgan fingerprint density at radius 3 is 2.80 bits per heavy atom. The Hall–Kier alpha value is -1.87. The Morgan fingerprint density at radius 1 is 1.20 bits per heavy atom. The monoisotopic (exact) mass is 335 g/mol. The summed E-state index contributed by atoms with van der Waals surface area (Å²) in [4.78, 5) is 14.3. The zero-order valence-corrected chi connectivity index (χ0v) is 14.8. The highest BCUT2D eigenvalue weighted by Crippen LogP contribution is 2.59. The molecule has 2 aliphatic carbocycles. The molecule has 5 rings (SSSR count). The number of hydrogen-bond acceptors (Lipinski definition) is 3. The summed E-state index contributed by atoms with van der Waals surface area (Å²) in [6.07, 6.45) is 4.19. The van der Waals surface area contributed by atoms with Crippen LogP contribution in [0.1, 0.15) is 38.2 Å². The van der Waals surface area contributed by atoms with Gasteiger partial charge in [0.1, 0.15) is 6.73 Å². The number of esters is 1. The van der Waals surface area contributed by atoms with Gasteiger partial charge < -0.3 is 4.74 Å². The third kappa shape index (κ3) is 2.75. The van der Waals surface area contributed by atoms with Crippen LogP contribution in [0.15, 0.2) is 42.5 Å². The number of likely N-dealkylation sites (tertiary alicyclic amines) is 1. The van der Waals surface area contributed by atoms with Crippen LogP contribution in [0.25, 0.3) is 10.8 Å². The molecule has 0 aromatic heterocycles. The molecule has 130 valence electrons. The summed E-state index contributed by atoms with van der Waals surface area (Å²) in [6.45, 7) is 4.70. The Bertz CT molecular complexity index is 841. The molecule has 3 aliphatic rings. The lowest BCUT2D eigenvalue weighted by molar-refractivity contribution is -0.149. The Labute approximate surface area is 149 Å². The van der Waals surface area contributed by atoms with Crippen LogP contribution in [0.4, 0.5) is 0 Å². The number of piperidine rings is 1. The predicted molar refractivity (Wildman–Crippen MR) is 98.2 cm³/mol. The van der Waals surface area contributed by atoms with Crippen LogP contribution in [0.3, 0.4) is 0 Å². The maximum absolute atomic E-state index is 12.0. The summed E-state index contributed by atoms with van der Waals surface area (Å²) in [5.74, 6) is 0.689. The lowest BCUT2D eigenvalue weighted by Crippen LogP contribution is -2.30. The molecule has 2 saturated carbocycles. The minimum atomic E-state index is -0.0275. The van der Waals surface area contributed by atoms with E-state index in [9.17, 15) is 4.79 Å². The third-order valence-electron chi connectivity index (χ3n) is 6.62. The maximum Gasteiger partial charge on any atom is 0.307 e. The molecule has 0 N–H and O–H groups in total. The molecule has 2 atom stereocenters. The van der Waals surface area contributed by atoms with Crippen LogP contribution >= 0.6 is 0 Å². The molecule has 3 heteroatoms. The molecule has 0 radical (unpaired) electrons. The molecule has 0 bridgehead atoms. The topological polar surface area (TPSA) is 29.5 Å². The fraction of sp³-hybridized carbons (Fsp3) is 0.500. The van der Waals surface area contributed by atoms with Gasteiger partial charge in [0, 0.05) is 18.5 Å². The van der Waals surface area contributed by atoms with Crippen LogP contribution < -0.4 is 0 Å². The summed E-state index contributed by atoms with van der Waals surface area (Å²) in [7, 11) is 0. The first kappa shape index (κ1) is 15.4. The van der Waals surface area contributed by atoms with Gasteiger partial charge in [-0.3, -0.25) is 9.69 Å². The first-order valence-electron chi connectivity index (χ1n) is 9.44. The van der Waals surface area contributed by atoms with Crippen molar-refractivity contribution in [2.24, 2.45) is 11.3 Å². The van der Waals surface area contributed by atoms with Crippen LogP contribution in [0, 0.1) is 11.3 Å². The van der Waals surface area contributed by atoms with Crippen molar-refractivity contribution in [2.45, 2.75) is 38.0 Å². The SMILES string of the molecule is CC1(CC(=O)OCN2C[C@H]3C[C@@]3(c3ccc4ccccc4c3)C2)CC1. The Kier molecular flexibility index (Phi) is 3.27. The second-order valence-electron chi connectivity index (χ2n) is 8.76. The summed E-state index contributed by atoms with van der Waals surface area (Å²) in [5, 5.41) is 2.62. The van der Waals surface area contributed by atoms with Crippen molar-refractivity contribution in [3.63, 3.8) is 0 Å². The van der Waals surface area contributed by atoms with Gasteiger partial charge in [-0.15, -0.1) is 0 Å². The van der Waals surface area contributed by atoms with Crippen molar-refractivity contribution in [1.82, 2.24) is 4.90 Å². The van der Waals surface area contributed by atoms with Gasteiger partial charge in [-0.05, 0) is 46.9 Å². The van der Waals surface area contributed by atoms with Crippen LogP contribution in [0.5, 0.6) is 0 Å². The van der Waals surface area contributed by atoms with E-state index in [1.54, 1.807) is 0 Å². The number of hydrogen-bond donors (Lipinski definition) is 0. The summed E-state index contributed by atoms with van der Waals surface area (Å²) in [5.41, 5.74) is 1.98. The molecular formula is C22H25NO2. The van der Waals surface area contributed by atoms with Crippen molar-refractivity contribution in [2.75, 3.05) is 19.8 Å². The van der Waals surface area contributed by atoms with Crippen LogP contribution in [0.2, 0.25) is 0 Å². The smallest absolute Gasteiger partial charge is 0.307 e. The minimum absolute atomic E-state index is 0.0275. The largest absolute Gasteiger partial charge is 0.449 e. The molecule has 3 nitrogen and oxygen atoms in total. The lowest BCUT2D eigenvalue weighted by atomic mass is 9.93. The Morgan fingerprint density at radius 2 is 2.00 bits per heavy atom. The van der Waals surface area contributed by atoms with Crippen LogP contribution in [-0.4, -0.2) is 30.7 Å². The van der Waals surface area contributed by atoms with Gasteiger partial charge in [0.25, 0.3) is 0 Å². The van der Waals surface area contributed by atoms with Gasteiger partial charge in [0.05, 0.1) is 6.42 Å². The van der Waals surface area contributed by atoms with E-state index in [1.165, 1.54) is 35.6 Å². The lowest BCUT2D eigenvalue weighted by Gasteiger charge is -2.21. The first-order chi connectivity index (χ1) is 12.1. The number of benzene rings is 2. The first-order valence-corrected chi connectivity index (χ1v) is 9.44. The van der Waals surface area contributed by atoms with E-state index < -0.39 is 0 Å². The summed E-state index contributed by atoms with van der Waals surface area (Å²) in [6, 6.07) is 15.5. The van der Waals surface area contributed by atoms with Crippen molar-refractivity contribution < 1.29 is 9.53 Å². The van der Waals surface area contributed by atoms with Crippen molar-refractivity contribution >= 4 is 16.7 Å². The number of fused-ring (bicyclic) bond motifs is 2. The quantitative estimate of drug-likeness (QED) is 0.770. The van der Waals surface area contributed by atoms with Crippen molar-refractivity contribution in [3.8, 4) is 0 Å². The fourth-order valence-corrected chi connectivity index (χ4v) is 4.58. The summed E-state index contributed by atoms with van der Waals surface area (Å²) >= 11 is 0. The maximum atomic E-state index is 12.0. The van der Waals surface area contributed by atoms with E-state index in [1.807, 2.05) is 0 Å². The Balaban J connectivity index is 1.24. The molecule has 1 saturated heterocycles. The van der Waals surface area contributed by atoms with Crippen molar-refractivity contribution in [3.05, 3.63) is 48.0 Å².